The van der Waals surface area contributed by atoms with E-state index in [1.54, 1.807) is 43.1 Å². The number of nitrogens with zero attached hydrogens (tertiary/aromatic N) is 2. The molecule has 0 N–H and O–H groups in total. The van der Waals surface area contributed by atoms with Gasteiger partial charge in [-0.1, -0.05) is 23.9 Å². The molecule has 0 unspecified atom stereocenters. The second-order valence-corrected chi connectivity index (χ2v) is 7.52. The third-order valence-electron chi connectivity index (χ3n) is 4.79. The molecule has 2 heterocycles. The van der Waals surface area contributed by atoms with E-state index in [-0.39, 0.29) is 11.7 Å². The van der Waals surface area contributed by atoms with Gasteiger partial charge in [-0.15, -0.1) is 0 Å². The first-order valence-corrected chi connectivity index (χ1v) is 10.2. The van der Waals surface area contributed by atoms with Crippen LogP contribution in [0, 0.1) is 0 Å². The number of methoxy groups -OCH3 is 2. The molecule has 0 radical (unpaired) electrons. The maximum Gasteiger partial charge on any atom is 0.266 e. The van der Waals surface area contributed by atoms with Crippen LogP contribution in [-0.4, -0.2) is 42.2 Å². The average molecular weight is 398 g/mol. The molecule has 1 aliphatic heterocycles. The number of ether oxygens (including phenoxy) is 3. The lowest BCUT2D eigenvalue weighted by Gasteiger charge is -2.17. The van der Waals surface area contributed by atoms with E-state index in [2.05, 4.69) is 0 Å². The standard InChI is InChI=1S/C21H22N2O4S/c1-25-14-9-10-19(26-2)18(12-14)23-20(24)16-7-3-4-8-17(16)22-21(23)28-13-15-6-5-11-27-15/h3-4,7-10,12,15H,5-6,11,13H2,1-2H3/t15-/m1/s1. The van der Waals surface area contributed by atoms with E-state index in [0.29, 0.717) is 33.2 Å². The van der Waals surface area contributed by atoms with Gasteiger partial charge in [0.1, 0.15) is 11.5 Å². The molecule has 28 heavy (non-hydrogen) atoms. The highest BCUT2D eigenvalue weighted by Crippen LogP contribution is 2.31. The van der Waals surface area contributed by atoms with Crippen LogP contribution in [0.2, 0.25) is 0 Å². The van der Waals surface area contributed by atoms with Gasteiger partial charge in [0.15, 0.2) is 5.16 Å². The van der Waals surface area contributed by atoms with Crippen molar-refractivity contribution in [1.82, 2.24) is 9.55 Å². The van der Waals surface area contributed by atoms with E-state index < -0.39 is 0 Å². The SMILES string of the molecule is COc1ccc(OC)c(-n2c(SC[C@H]3CCCO3)nc3ccccc3c2=O)c1. The number of aromatic nitrogens is 2. The molecule has 1 fully saturated rings. The summed E-state index contributed by atoms with van der Waals surface area (Å²) < 4.78 is 18.2. The molecule has 0 saturated carbocycles. The first kappa shape index (κ1) is 18.8. The fourth-order valence-corrected chi connectivity index (χ4v) is 4.41. The molecule has 0 spiro atoms. The lowest BCUT2D eigenvalue weighted by Crippen LogP contribution is -2.23. The van der Waals surface area contributed by atoms with Gasteiger partial charge in [0.05, 0.1) is 36.9 Å². The van der Waals surface area contributed by atoms with Gasteiger partial charge in [-0.25, -0.2) is 4.98 Å². The van der Waals surface area contributed by atoms with E-state index >= 15 is 0 Å². The summed E-state index contributed by atoms with van der Waals surface area (Å²) in [7, 11) is 3.18. The molecular weight excluding hydrogens is 376 g/mol. The van der Waals surface area contributed by atoms with Crippen LogP contribution in [0.3, 0.4) is 0 Å². The van der Waals surface area contributed by atoms with Crippen molar-refractivity contribution in [2.24, 2.45) is 0 Å². The van der Waals surface area contributed by atoms with Crippen LogP contribution < -0.4 is 15.0 Å². The molecule has 6 nitrogen and oxygen atoms in total. The van der Waals surface area contributed by atoms with Crippen molar-refractivity contribution >= 4 is 22.7 Å². The van der Waals surface area contributed by atoms with E-state index in [0.717, 1.165) is 25.2 Å². The van der Waals surface area contributed by atoms with Crippen molar-refractivity contribution < 1.29 is 14.2 Å². The van der Waals surface area contributed by atoms with Crippen LogP contribution >= 0.6 is 11.8 Å². The van der Waals surface area contributed by atoms with Crippen LogP contribution in [0.5, 0.6) is 11.5 Å². The van der Waals surface area contributed by atoms with Crippen molar-refractivity contribution in [1.29, 1.82) is 0 Å². The largest absolute Gasteiger partial charge is 0.497 e. The van der Waals surface area contributed by atoms with Gasteiger partial charge >= 0.3 is 0 Å². The molecule has 1 aromatic heterocycles. The molecular formula is C21H22N2O4S. The van der Waals surface area contributed by atoms with Gasteiger partial charge in [0, 0.05) is 18.4 Å². The fourth-order valence-electron chi connectivity index (χ4n) is 3.34. The van der Waals surface area contributed by atoms with Gasteiger partial charge in [-0.2, -0.15) is 0 Å². The number of hydrogen-bond donors (Lipinski definition) is 0. The van der Waals surface area contributed by atoms with Crippen molar-refractivity contribution in [3.05, 3.63) is 52.8 Å². The smallest absolute Gasteiger partial charge is 0.266 e. The van der Waals surface area contributed by atoms with Crippen LogP contribution in [0.25, 0.3) is 16.6 Å². The summed E-state index contributed by atoms with van der Waals surface area (Å²) in [5, 5.41) is 1.18. The first-order chi connectivity index (χ1) is 13.7. The maximum atomic E-state index is 13.4. The second kappa shape index (κ2) is 8.24. The number of fused-ring (bicyclic) bond motifs is 1. The minimum atomic E-state index is -0.132. The Kier molecular flexibility index (Phi) is 5.54. The number of thioether (sulfide) groups is 1. The van der Waals surface area contributed by atoms with Crippen molar-refractivity contribution in [3.8, 4) is 17.2 Å². The molecule has 0 amide bonds. The Hall–Kier alpha value is -2.51. The molecule has 4 rings (SSSR count). The fraction of sp³-hybridized carbons (Fsp3) is 0.333. The summed E-state index contributed by atoms with van der Waals surface area (Å²) in [6.07, 6.45) is 2.30. The maximum absolute atomic E-state index is 13.4. The molecule has 0 bridgehead atoms. The minimum absolute atomic E-state index is 0.132. The Morgan fingerprint density at radius 1 is 1.21 bits per heavy atom. The Morgan fingerprint density at radius 3 is 2.82 bits per heavy atom. The number of hydrogen-bond acceptors (Lipinski definition) is 6. The molecule has 1 aliphatic rings. The van der Waals surface area contributed by atoms with Gasteiger partial charge in [-0.05, 0) is 37.1 Å². The zero-order valence-corrected chi connectivity index (χ0v) is 16.7. The van der Waals surface area contributed by atoms with Gasteiger partial charge in [-0.3, -0.25) is 9.36 Å². The molecule has 7 heteroatoms. The highest BCUT2D eigenvalue weighted by molar-refractivity contribution is 7.99. The number of para-hydroxylation sites is 1. The highest BCUT2D eigenvalue weighted by Gasteiger charge is 2.20. The highest BCUT2D eigenvalue weighted by atomic mass is 32.2. The van der Waals surface area contributed by atoms with Crippen LogP contribution in [0.4, 0.5) is 0 Å². The third-order valence-corrected chi connectivity index (χ3v) is 5.86. The second-order valence-electron chi connectivity index (χ2n) is 6.54. The normalized spacial score (nSPS) is 16.4. The van der Waals surface area contributed by atoms with E-state index in [4.69, 9.17) is 19.2 Å². The third kappa shape index (κ3) is 3.59. The quantitative estimate of drug-likeness (QED) is 0.466. The lowest BCUT2D eigenvalue weighted by atomic mass is 10.2. The summed E-state index contributed by atoms with van der Waals surface area (Å²) in [5.74, 6) is 1.97. The average Bonchev–Trinajstić information content (AvgIpc) is 3.25. The lowest BCUT2D eigenvalue weighted by molar-refractivity contribution is 0.129. The molecule has 2 aromatic carbocycles. The van der Waals surface area contributed by atoms with Crippen molar-refractivity contribution in [3.63, 3.8) is 0 Å². The zero-order valence-electron chi connectivity index (χ0n) is 15.9. The summed E-state index contributed by atoms with van der Waals surface area (Å²) in [4.78, 5) is 18.2. The summed E-state index contributed by atoms with van der Waals surface area (Å²) in [5.41, 5.74) is 1.16. The van der Waals surface area contributed by atoms with E-state index in [1.165, 1.54) is 11.8 Å². The molecule has 146 valence electrons. The predicted octanol–water partition coefficient (Wildman–Crippen LogP) is 3.67. The summed E-state index contributed by atoms with van der Waals surface area (Å²) >= 11 is 1.53. The molecule has 1 saturated heterocycles. The first-order valence-electron chi connectivity index (χ1n) is 9.20. The van der Waals surface area contributed by atoms with Gasteiger partial charge in [0.2, 0.25) is 0 Å². The minimum Gasteiger partial charge on any atom is -0.497 e. The molecule has 3 aromatic rings. The van der Waals surface area contributed by atoms with E-state index in [9.17, 15) is 4.79 Å². The van der Waals surface area contributed by atoms with Crippen molar-refractivity contribution in [2.75, 3.05) is 26.6 Å². The van der Waals surface area contributed by atoms with E-state index in [1.807, 2.05) is 18.2 Å². The Bertz CT molecular complexity index is 1040. The predicted molar refractivity (Wildman–Crippen MR) is 110 cm³/mol. The summed E-state index contributed by atoms with van der Waals surface area (Å²) in [6.45, 7) is 0.799. The van der Waals surface area contributed by atoms with Crippen LogP contribution in [-0.2, 0) is 4.74 Å². The summed E-state index contributed by atoms with van der Waals surface area (Å²) in [6, 6.07) is 12.8. The van der Waals surface area contributed by atoms with Crippen LogP contribution in [0.15, 0.2) is 52.4 Å². The van der Waals surface area contributed by atoms with Gasteiger partial charge < -0.3 is 14.2 Å². The molecule has 0 aliphatic carbocycles. The molecule has 1 atom stereocenters. The van der Waals surface area contributed by atoms with Crippen LogP contribution in [0.1, 0.15) is 12.8 Å². The monoisotopic (exact) mass is 398 g/mol. The Balaban J connectivity index is 1.88. The number of benzene rings is 2. The van der Waals surface area contributed by atoms with Crippen molar-refractivity contribution in [2.45, 2.75) is 24.1 Å². The Labute approximate surface area is 167 Å². The topological polar surface area (TPSA) is 62.6 Å². The number of rotatable bonds is 6. The zero-order chi connectivity index (χ0) is 19.5. The Morgan fingerprint density at radius 2 is 2.07 bits per heavy atom. The van der Waals surface area contributed by atoms with Gasteiger partial charge in [0.25, 0.3) is 5.56 Å².